The molecule has 2 nitrogen and oxygen atoms in total. The molecule has 1 aliphatic rings. The van der Waals surface area contributed by atoms with E-state index < -0.39 is 0 Å². The van der Waals surface area contributed by atoms with Crippen LogP contribution in [0, 0.1) is 0 Å². The summed E-state index contributed by atoms with van der Waals surface area (Å²) in [5, 5.41) is 0. The molecule has 0 N–H and O–H groups in total. The van der Waals surface area contributed by atoms with Gasteiger partial charge in [-0.2, -0.15) is 4.57 Å². The van der Waals surface area contributed by atoms with Crippen molar-refractivity contribution in [2.75, 3.05) is 0 Å². The minimum atomic E-state index is 0.184. The molecule has 0 spiro atoms. The zero-order valence-corrected chi connectivity index (χ0v) is 13.0. The van der Waals surface area contributed by atoms with Gasteiger partial charge in [-0.1, -0.05) is 39.4 Å². The normalized spacial score (nSPS) is 14.2. The van der Waals surface area contributed by atoms with Gasteiger partial charge in [0.15, 0.2) is 5.69 Å². The molecule has 0 atom stereocenters. The molecular formula is C15H15BrNOS+. The van der Waals surface area contributed by atoms with Crippen LogP contribution in [0.1, 0.15) is 33.8 Å². The fraction of sp³-hybridized carbons (Fsp3) is 0.333. The van der Waals surface area contributed by atoms with Crippen LogP contribution in [0.25, 0.3) is 0 Å². The van der Waals surface area contributed by atoms with Gasteiger partial charge >= 0.3 is 0 Å². The quantitative estimate of drug-likeness (QED) is 0.620. The average molecular weight is 337 g/mol. The number of aryl methyl sites for hydroxylation is 1. The minimum absolute atomic E-state index is 0.184. The molecule has 98 valence electrons. The van der Waals surface area contributed by atoms with Crippen LogP contribution in [0.4, 0.5) is 0 Å². The second-order valence-corrected chi connectivity index (χ2v) is 6.71. The Morgan fingerprint density at radius 1 is 1.21 bits per heavy atom. The SMILES string of the molecule is O=C(C[n+]1csc2c1CCCC2)c1ccc(Br)cc1. The standard InChI is InChI=1S/C15H15BrNOS/c16-12-7-5-11(6-8-12)14(18)9-17-10-19-15-4-2-1-3-13(15)17/h5-8,10H,1-4,9H2/q+1. The molecule has 0 radical (unpaired) electrons. The van der Waals surface area contributed by atoms with Gasteiger partial charge in [0.05, 0.1) is 4.88 Å². The molecule has 0 fully saturated rings. The maximum absolute atomic E-state index is 12.3. The van der Waals surface area contributed by atoms with E-state index in [0.29, 0.717) is 6.54 Å². The van der Waals surface area contributed by atoms with Gasteiger partial charge in [0.2, 0.25) is 17.8 Å². The number of fused-ring (bicyclic) bond motifs is 1. The van der Waals surface area contributed by atoms with E-state index in [9.17, 15) is 4.79 Å². The lowest BCUT2D eigenvalue weighted by molar-refractivity contribution is -0.686. The second kappa shape index (κ2) is 5.55. The molecule has 0 saturated heterocycles. The molecule has 0 amide bonds. The zero-order chi connectivity index (χ0) is 13.2. The van der Waals surface area contributed by atoms with Crippen molar-refractivity contribution >= 4 is 33.0 Å². The minimum Gasteiger partial charge on any atom is -0.287 e. The average Bonchev–Trinajstić information content (AvgIpc) is 2.83. The number of rotatable bonds is 3. The maximum Gasteiger partial charge on any atom is 0.227 e. The van der Waals surface area contributed by atoms with Crippen molar-refractivity contribution in [3.8, 4) is 0 Å². The van der Waals surface area contributed by atoms with Gasteiger partial charge in [-0.05, 0) is 31.4 Å². The molecule has 3 rings (SSSR count). The molecule has 0 unspecified atom stereocenters. The first-order valence-corrected chi connectivity index (χ1v) is 8.19. The van der Waals surface area contributed by atoms with E-state index in [0.717, 1.165) is 16.5 Å². The van der Waals surface area contributed by atoms with E-state index in [-0.39, 0.29) is 5.78 Å². The maximum atomic E-state index is 12.3. The third-order valence-electron chi connectivity index (χ3n) is 3.54. The lowest BCUT2D eigenvalue weighted by atomic mass is 10.0. The zero-order valence-electron chi connectivity index (χ0n) is 10.6. The van der Waals surface area contributed by atoms with Gasteiger partial charge in [0, 0.05) is 16.5 Å². The summed E-state index contributed by atoms with van der Waals surface area (Å²) in [6.45, 7) is 0.466. The number of Topliss-reactive ketones (excluding diaryl/α,β-unsaturated/α-hetero) is 1. The molecule has 0 saturated carbocycles. The van der Waals surface area contributed by atoms with Crippen LogP contribution < -0.4 is 4.57 Å². The van der Waals surface area contributed by atoms with Crippen molar-refractivity contribution in [1.29, 1.82) is 0 Å². The smallest absolute Gasteiger partial charge is 0.227 e. The number of carbonyl (C=O) groups is 1. The van der Waals surface area contributed by atoms with Crippen molar-refractivity contribution in [3.05, 3.63) is 50.4 Å². The molecule has 4 heteroatoms. The highest BCUT2D eigenvalue weighted by Crippen LogP contribution is 2.22. The van der Waals surface area contributed by atoms with Gasteiger partial charge < -0.3 is 0 Å². The van der Waals surface area contributed by atoms with E-state index in [1.165, 1.54) is 29.8 Å². The molecule has 19 heavy (non-hydrogen) atoms. The first-order chi connectivity index (χ1) is 9.24. The molecule has 1 aromatic carbocycles. The van der Waals surface area contributed by atoms with Crippen molar-refractivity contribution in [2.24, 2.45) is 0 Å². The van der Waals surface area contributed by atoms with Crippen LogP contribution in [0.3, 0.4) is 0 Å². The summed E-state index contributed by atoms with van der Waals surface area (Å²) in [5.74, 6) is 0.184. The van der Waals surface area contributed by atoms with Gasteiger partial charge in [0.25, 0.3) is 0 Å². The van der Waals surface area contributed by atoms with Crippen LogP contribution in [0.2, 0.25) is 0 Å². The number of benzene rings is 1. The highest BCUT2D eigenvalue weighted by molar-refractivity contribution is 9.10. The Labute approximate surface area is 125 Å². The van der Waals surface area contributed by atoms with Crippen molar-refractivity contribution in [1.82, 2.24) is 0 Å². The highest BCUT2D eigenvalue weighted by Gasteiger charge is 2.24. The van der Waals surface area contributed by atoms with Crippen molar-refractivity contribution in [2.45, 2.75) is 32.2 Å². The number of ketones is 1. The molecule has 0 aliphatic heterocycles. The topological polar surface area (TPSA) is 20.9 Å². The van der Waals surface area contributed by atoms with Gasteiger partial charge in [0.1, 0.15) is 0 Å². The summed E-state index contributed by atoms with van der Waals surface area (Å²) in [4.78, 5) is 13.7. The molecule has 0 bridgehead atoms. The van der Waals surface area contributed by atoms with Crippen LogP contribution in [-0.4, -0.2) is 5.78 Å². The van der Waals surface area contributed by atoms with Crippen molar-refractivity contribution < 1.29 is 9.36 Å². The van der Waals surface area contributed by atoms with Gasteiger partial charge in [-0.25, -0.2) is 0 Å². The van der Waals surface area contributed by atoms with E-state index in [4.69, 9.17) is 0 Å². The first-order valence-electron chi connectivity index (χ1n) is 6.51. The number of thiazole rings is 1. The third kappa shape index (κ3) is 2.79. The van der Waals surface area contributed by atoms with Crippen LogP contribution in [0.5, 0.6) is 0 Å². The number of carbonyl (C=O) groups excluding carboxylic acids is 1. The Hall–Kier alpha value is -1.00. The fourth-order valence-electron chi connectivity index (χ4n) is 2.50. The third-order valence-corrected chi connectivity index (χ3v) is 5.15. The van der Waals surface area contributed by atoms with E-state index in [1.807, 2.05) is 24.3 Å². The Balaban J connectivity index is 1.79. The monoisotopic (exact) mass is 336 g/mol. The van der Waals surface area contributed by atoms with E-state index in [2.05, 4.69) is 26.0 Å². The predicted molar refractivity (Wildman–Crippen MR) is 79.6 cm³/mol. The van der Waals surface area contributed by atoms with Crippen molar-refractivity contribution in [3.63, 3.8) is 0 Å². The Morgan fingerprint density at radius 2 is 1.95 bits per heavy atom. The van der Waals surface area contributed by atoms with Crippen LogP contribution in [-0.2, 0) is 19.4 Å². The second-order valence-electron chi connectivity index (χ2n) is 4.86. The van der Waals surface area contributed by atoms with Gasteiger partial charge in [-0.15, -0.1) is 0 Å². The molecule has 2 aromatic rings. The number of nitrogens with zero attached hydrogens (tertiary/aromatic N) is 1. The molecule has 1 heterocycles. The predicted octanol–water partition coefficient (Wildman–Crippen LogP) is 3.56. The Bertz CT molecular complexity index is 603. The van der Waals surface area contributed by atoms with E-state index in [1.54, 1.807) is 11.3 Å². The fourth-order valence-corrected chi connectivity index (χ4v) is 3.84. The van der Waals surface area contributed by atoms with Crippen LogP contribution >= 0.6 is 27.3 Å². The number of hydrogen-bond donors (Lipinski definition) is 0. The van der Waals surface area contributed by atoms with Gasteiger partial charge in [-0.3, -0.25) is 4.79 Å². The molecule has 1 aliphatic carbocycles. The largest absolute Gasteiger partial charge is 0.287 e. The number of hydrogen-bond acceptors (Lipinski definition) is 2. The van der Waals surface area contributed by atoms with Crippen LogP contribution in [0.15, 0.2) is 34.2 Å². The highest BCUT2D eigenvalue weighted by atomic mass is 79.9. The lowest BCUT2D eigenvalue weighted by Gasteiger charge is -2.07. The molecular weight excluding hydrogens is 322 g/mol. The number of aromatic nitrogens is 1. The summed E-state index contributed by atoms with van der Waals surface area (Å²) in [6.07, 6.45) is 4.83. The lowest BCUT2D eigenvalue weighted by Crippen LogP contribution is -2.40. The first kappa shape index (κ1) is 13.0. The Kier molecular flexibility index (Phi) is 3.80. The van der Waals surface area contributed by atoms with E-state index >= 15 is 0 Å². The summed E-state index contributed by atoms with van der Waals surface area (Å²) in [7, 11) is 0. The summed E-state index contributed by atoms with van der Waals surface area (Å²) < 4.78 is 3.15. The summed E-state index contributed by atoms with van der Waals surface area (Å²) in [5.41, 5.74) is 4.26. The Morgan fingerprint density at radius 3 is 2.74 bits per heavy atom. The number of halogens is 1. The summed E-state index contributed by atoms with van der Waals surface area (Å²) >= 11 is 5.18. The summed E-state index contributed by atoms with van der Waals surface area (Å²) in [6, 6.07) is 7.60. The molecule has 1 aromatic heterocycles.